The van der Waals surface area contributed by atoms with Gasteiger partial charge in [0.1, 0.15) is 11.6 Å². The number of amides is 1. The molecule has 1 N–H and O–H groups in total. The summed E-state index contributed by atoms with van der Waals surface area (Å²) in [7, 11) is 0. The van der Waals surface area contributed by atoms with Crippen molar-refractivity contribution in [3.05, 3.63) is 76.7 Å². The van der Waals surface area contributed by atoms with Crippen LogP contribution in [0.25, 0.3) is 17.3 Å². The monoisotopic (exact) mass is 356 g/mol. The number of hydrogen-bond acceptors (Lipinski definition) is 3. The first-order valence-electron chi connectivity index (χ1n) is 7.50. The van der Waals surface area contributed by atoms with E-state index in [0.717, 1.165) is 10.4 Å². The molecule has 126 valence electrons. The van der Waals surface area contributed by atoms with E-state index in [1.54, 1.807) is 30.3 Å². The topological polar surface area (TPSA) is 42.0 Å². The van der Waals surface area contributed by atoms with Crippen LogP contribution in [0.15, 0.2) is 54.6 Å². The molecule has 3 nitrogen and oxygen atoms in total. The summed E-state index contributed by atoms with van der Waals surface area (Å²) in [4.78, 5) is 17.3. The molecule has 0 atom stereocenters. The number of benzene rings is 2. The maximum Gasteiger partial charge on any atom is 0.250 e. The Kier molecular flexibility index (Phi) is 5.00. The van der Waals surface area contributed by atoms with Crippen LogP contribution in [0.4, 0.5) is 13.9 Å². The van der Waals surface area contributed by atoms with E-state index in [4.69, 9.17) is 0 Å². The van der Waals surface area contributed by atoms with E-state index in [1.807, 2.05) is 6.92 Å². The number of nitrogens with one attached hydrogen (secondary N) is 1. The second kappa shape index (κ2) is 7.36. The fourth-order valence-corrected chi connectivity index (χ4v) is 3.09. The summed E-state index contributed by atoms with van der Waals surface area (Å²) in [6.07, 6.45) is 2.67. The number of anilines is 1. The zero-order valence-electron chi connectivity index (χ0n) is 13.3. The first-order chi connectivity index (χ1) is 12.0. The number of nitrogens with zero attached hydrogens (tertiary/aromatic N) is 1. The number of thiazole rings is 1. The molecule has 0 saturated heterocycles. The van der Waals surface area contributed by atoms with Gasteiger partial charge in [-0.15, -0.1) is 11.3 Å². The molecule has 25 heavy (non-hydrogen) atoms. The molecule has 3 rings (SSSR count). The molecule has 1 heterocycles. The maximum absolute atomic E-state index is 13.5. The third-order valence-corrected chi connectivity index (χ3v) is 4.35. The number of carbonyl (C=O) groups is 1. The molecular formula is C19H14F2N2OS. The van der Waals surface area contributed by atoms with E-state index in [9.17, 15) is 13.6 Å². The van der Waals surface area contributed by atoms with Crippen LogP contribution in [0.5, 0.6) is 0 Å². The highest BCUT2D eigenvalue weighted by Gasteiger charge is 2.11. The maximum atomic E-state index is 13.5. The number of aromatic nitrogens is 1. The Labute approximate surface area is 147 Å². The molecule has 0 aliphatic carbocycles. The standard InChI is InChI=1S/C19H14F2N2OS/c1-12-18(14-6-9-15(20)10-7-14)23-19(25-12)22-17(24)11-8-13-4-2-3-5-16(13)21/h2-11H,1H3,(H,22,23,24). The van der Waals surface area contributed by atoms with Gasteiger partial charge in [-0.3, -0.25) is 10.1 Å². The Bertz CT molecular complexity index is 933. The summed E-state index contributed by atoms with van der Waals surface area (Å²) in [5, 5.41) is 3.09. The lowest BCUT2D eigenvalue weighted by Crippen LogP contribution is -2.07. The number of rotatable bonds is 4. The largest absolute Gasteiger partial charge is 0.298 e. The van der Waals surface area contributed by atoms with Gasteiger partial charge in [-0.1, -0.05) is 18.2 Å². The van der Waals surface area contributed by atoms with Crippen molar-refractivity contribution < 1.29 is 13.6 Å². The van der Waals surface area contributed by atoms with E-state index in [2.05, 4.69) is 10.3 Å². The minimum Gasteiger partial charge on any atom is -0.298 e. The zero-order valence-corrected chi connectivity index (χ0v) is 14.1. The summed E-state index contributed by atoms with van der Waals surface area (Å²) in [5.74, 6) is -1.11. The van der Waals surface area contributed by atoms with Gasteiger partial charge in [-0.2, -0.15) is 0 Å². The van der Waals surface area contributed by atoms with E-state index in [1.165, 1.54) is 41.7 Å². The van der Waals surface area contributed by atoms with E-state index < -0.39 is 11.7 Å². The Morgan fingerprint density at radius 2 is 1.84 bits per heavy atom. The number of carbonyl (C=O) groups excluding carboxylic acids is 1. The molecule has 0 aliphatic rings. The molecule has 0 spiro atoms. The minimum absolute atomic E-state index is 0.316. The number of hydrogen-bond donors (Lipinski definition) is 1. The van der Waals surface area contributed by atoms with Crippen LogP contribution in [-0.4, -0.2) is 10.9 Å². The van der Waals surface area contributed by atoms with Gasteiger partial charge in [0, 0.05) is 22.1 Å². The fraction of sp³-hybridized carbons (Fsp3) is 0.0526. The fourth-order valence-electron chi connectivity index (χ4n) is 2.25. The van der Waals surface area contributed by atoms with Crippen molar-refractivity contribution in [3.63, 3.8) is 0 Å². The average molecular weight is 356 g/mol. The van der Waals surface area contributed by atoms with Crippen LogP contribution >= 0.6 is 11.3 Å². The Morgan fingerprint density at radius 3 is 2.56 bits per heavy atom. The first-order valence-corrected chi connectivity index (χ1v) is 8.31. The first kappa shape index (κ1) is 17.0. The predicted molar refractivity (Wildman–Crippen MR) is 96.3 cm³/mol. The molecule has 1 amide bonds. The Morgan fingerprint density at radius 1 is 1.12 bits per heavy atom. The van der Waals surface area contributed by atoms with E-state index in [0.29, 0.717) is 16.4 Å². The van der Waals surface area contributed by atoms with Crippen molar-refractivity contribution in [3.8, 4) is 11.3 Å². The van der Waals surface area contributed by atoms with E-state index in [-0.39, 0.29) is 5.82 Å². The number of aryl methyl sites for hydroxylation is 1. The second-order valence-electron chi connectivity index (χ2n) is 5.27. The summed E-state index contributed by atoms with van der Waals surface area (Å²) in [6, 6.07) is 12.2. The van der Waals surface area contributed by atoms with Crippen LogP contribution in [0.2, 0.25) is 0 Å². The van der Waals surface area contributed by atoms with Gasteiger partial charge in [0.15, 0.2) is 5.13 Å². The second-order valence-corrected chi connectivity index (χ2v) is 6.48. The SMILES string of the molecule is Cc1sc(NC(=O)C=Cc2ccccc2F)nc1-c1ccc(F)cc1. The highest BCUT2D eigenvalue weighted by atomic mass is 32.1. The van der Waals surface area contributed by atoms with Crippen molar-refractivity contribution in [1.29, 1.82) is 0 Å². The van der Waals surface area contributed by atoms with Crippen molar-refractivity contribution in [2.45, 2.75) is 6.92 Å². The molecule has 1 aromatic heterocycles. The van der Waals surface area contributed by atoms with Gasteiger partial charge >= 0.3 is 0 Å². The van der Waals surface area contributed by atoms with Gasteiger partial charge in [-0.05, 0) is 43.3 Å². The molecule has 0 unspecified atom stereocenters. The van der Waals surface area contributed by atoms with Crippen molar-refractivity contribution in [1.82, 2.24) is 4.98 Å². The van der Waals surface area contributed by atoms with Crippen LogP contribution in [0.3, 0.4) is 0 Å². The van der Waals surface area contributed by atoms with Crippen LogP contribution in [0.1, 0.15) is 10.4 Å². The smallest absolute Gasteiger partial charge is 0.250 e. The number of halogens is 2. The summed E-state index contributed by atoms with van der Waals surface area (Å²) in [6.45, 7) is 1.88. The average Bonchev–Trinajstić information content (AvgIpc) is 2.95. The quantitative estimate of drug-likeness (QED) is 0.665. The lowest BCUT2D eigenvalue weighted by molar-refractivity contribution is -0.111. The third kappa shape index (κ3) is 4.16. The van der Waals surface area contributed by atoms with Gasteiger partial charge < -0.3 is 0 Å². The Hall–Kier alpha value is -2.86. The molecule has 0 aliphatic heterocycles. The van der Waals surface area contributed by atoms with Crippen molar-refractivity contribution >= 4 is 28.5 Å². The molecule has 0 bridgehead atoms. The normalized spacial score (nSPS) is 11.0. The minimum atomic E-state index is -0.400. The van der Waals surface area contributed by atoms with Crippen LogP contribution < -0.4 is 5.32 Å². The van der Waals surface area contributed by atoms with Gasteiger partial charge in [0.25, 0.3) is 0 Å². The van der Waals surface area contributed by atoms with E-state index >= 15 is 0 Å². The molecule has 0 saturated carbocycles. The molecule has 6 heteroatoms. The molecule has 3 aromatic rings. The van der Waals surface area contributed by atoms with Crippen LogP contribution in [0, 0.1) is 18.6 Å². The molecular weight excluding hydrogens is 342 g/mol. The molecule has 0 fully saturated rings. The van der Waals surface area contributed by atoms with Crippen LogP contribution in [-0.2, 0) is 4.79 Å². The Balaban J connectivity index is 1.73. The zero-order chi connectivity index (χ0) is 17.8. The lowest BCUT2D eigenvalue weighted by Gasteiger charge is -1.98. The third-order valence-electron chi connectivity index (χ3n) is 3.46. The van der Waals surface area contributed by atoms with Gasteiger partial charge in [-0.25, -0.2) is 13.8 Å². The molecule has 0 radical (unpaired) electrons. The highest BCUT2D eigenvalue weighted by Crippen LogP contribution is 2.30. The highest BCUT2D eigenvalue weighted by molar-refractivity contribution is 7.16. The molecule has 2 aromatic carbocycles. The predicted octanol–water partition coefficient (Wildman–Crippen LogP) is 5.05. The summed E-state index contributed by atoms with van der Waals surface area (Å²) in [5.41, 5.74) is 1.80. The summed E-state index contributed by atoms with van der Waals surface area (Å²) >= 11 is 1.32. The lowest BCUT2D eigenvalue weighted by atomic mass is 10.1. The van der Waals surface area contributed by atoms with Crippen molar-refractivity contribution in [2.24, 2.45) is 0 Å². The van der Waals surface area contributed by atoms with Crippen molar-refractivity contribution in [2.75, 3.05) is 5.32 Å². The summed E-state index contributed by atoms with van der Waals surface area (Å²) < 4.78 is 26.5. The van der Waals surface area contributed by atoms with Gasteiger partial charge in [0.2, 0.25) is 5.91 Å². The van der Waals surface area contributed by atoms with Gasteiger partial charge in [0.05, 0.1) is 5.69 Å².